The van der Waals surface area contributed by atoms with Gasteiger partial charge < -0.3 is 5.32 Å². The van der Waals surface area contributed by atoms with Gasteiger partial charge in [0.2, 0.25) is 0 Å². The number of amides is 2. The van der Waals surface area contributed by atoms with Crippen LogP contribution in [0.15, 0.2) is 35.4 Å². The first-order chi connectivity index (χ1) is 6.83. The minimum absolute atomic E-state index is 0.311. The summed E-state index contributed by atoms with van der Waals surface area (Å²) >= 11 is 0. The second kappa shape index (κ2) is 5.75. The van der Waals surface area contributed by atoms with Crippen molar-refractivity contribution >= 4 is 12.2 Å². The standard InChI is InChI=1S/C10H13N3O/c1-11-10(14)13-12-8-7-9-5-3-2-4-6-9/h2-6,8H,7H2,1H3,(H2,11,13,14)/b12-8+. The summed E-state index contributed by atoms with van der Waals surface area (Å²) in [4.78, 5) is 10.7. The number of hydrazone groups is 1. The summed E-state index contributed by atoms with van der Waals surface area (Å²) in [6, 6.07) is 9.60. The van der Waals surface area contributed by atoms with Crippen molar-refractivity contribution in [3.8, 4) is 0 Å². The van der Waals surface area contributed by atoms with Crippen LogP contribution >= 0.6 is 0 Å². The van der Waals surface area contributed by atoms with Crippen LogP contribution in [-0.4, -0.2) is 19.3 Å². The average molecular weight is 191 g/mol. The molecule has 0 aliphatic rings. The normalized spacial score (nSPS) is 10.1. The summed E-state index contributed by atoms with van der Waals surface area (Å²) in [5.74, 6) is 0. The first-order valence-corrected chi connectivity index (χ1v) is 4.36. The third-order valence-corrected chi connectivity index (χ3v) is 1.65. The minimum Gasteiger partial charge on any atom is -0.340 e. The molecule has 0 radical (unpaired) electrons. The summed E-state index contributed by atoms with van der Waals surface area (Å²) in [6.45, 7) is 0. The maximum Gasteiger partial charge on any atom is 0.334 e. The maximum atomic E-state index is 10.7. The molecule has 0 saturated carbocycles. The fraction of sp³-hybridized carbons (Fsp3) is 0.200. The van der Waals surface area contributed by atoms with Crippen LogP contribution in [0.25, 0.3) is 0 Å². The maximum absolute atomic E-state index is 10.7. The highest BCUT2D eigenvalue weighted by molar-refractivity contribution is 5.74. The molecule has 0 unspecified atom stereocenters. The third kappa shape index (κ3) is 3.71. The number of carbonyl (C=O) groups is 1. The highest BCUT2D eigenvalue weighted by Crippen LogP contribution is 1.96. The highest BCUT2D eigenvalue weighted by atomic mass is 16.2. The van der Waals surface area contributed by atoms with Crippen molar-refractivity contribution in [1.82, 2.24) is 10.7 Å². The van der Waals surface area contributed by atoms with Crippen molar-refractivity contribution in [2.45, 2.75) is 6.42 Å². The van der Waals surface area contributed by atoms with Gasteiger partial charge in [-0.1, -0.05) is 30.3 Å². The largest absolute Gasteiger partial charge is 0.340 e. The molecular formula is C10H13N3O. The van der Waals surface area contributed by atoms with Crippen LogP contribution in [-0.2, 0) is 6.42 Å². The number of rotatable bonds is 3. The molecule has 1 aromatic rings. The van der Waals surface area contributed by atoms with Gasteiger partial charge in [0, 0.05) is 19.7 Å². The van der Waals surface area contributed by atoms with Crippen LogP contribution < -0.4 is 10.7 Å². The van der Waals surface area contributed by atoms with Gasteiger partial charge in [-0.05, 0) is 5.56 Å². The molecule has 1 rings (SSSR count). The number of carbonyl (C=O) groups excluding carboxylic acids is 1. The first-order valence-electron chi connectivity index (χ1n) is 4.36. The van der Waals surface area contributed by atoms with E-state index in [4.69, 9.17) is 0 Å². The lowest BCUT2D eigenvalue weighted by Gasteiger charge is -1.96. The number of benzene rings is 1. The summed E-state index contributed by atoms with van der Waals surface area (Å²) in [5, 5.41) is 6.15. The van der Waals surface area contributed by atoms with E-state index in [9.17, 15) is 4.79 Å². The van der Waals surface area contributed by atoms with E-state index in [0.717, 1.165) is 5.56 Å². The lowest BCUT2D eigenvalue weighted by Crippen LogP contribution is -2.28. The predicted octanol–water partition coefficient (Wildman–Crippen LogP) is 1.14. The Hall–Kier alpha value is -1.84. The Bertz CT molecular complexity index is 308. The molecule has 0 aliphatic carbocycles. The van der Waals surface area contributed by atoms with Gasteiger partial charge in [-0.25, -0.2) is 10.2 Å². The van der Waals surface area contributed by atoms with Crippen LogP contribution in [0.5, 0.6) is 0 Å². The molecule has 2 N–H and O–H groups in total. The Morgan fingerprint density at radius 3 is 2.79 bits per heavy atom. The number of nitrogens with one attached hydrogen (secondary N) is 2. The molecular weight excluding hydrogens is 178 g/mol. The number of hydrogen-bond donors (Lipinski definition) is 2. The number of hydrogen-bond acceptors (Lipinski definition) is 2. The van der Waals surface area contributed by atoms with Crippen molar-refractivity contribution in [2.75, 3.05) is 7.05 Å². The molecule has 1 aromatic carbocycles. The Morgan fingerprint density at radius 2 is 2.14 bits per heavy atom. The molecule has 0 saturated heterocycles. The first kappa shape index (κ1) is 10.2. The van der Waals surface area contributed by atoms with Crippen molar-refractivity contribution in [3.63, 3.8) is 0 Å². The smallest absolute Gasteiger partial charge is 0.334 e. The van der Waals surface area contributed by atoms with Gasteiger partial charge in [-0.15, -0.1) is 0 Å². The van der Waals surface area contributed by atoms with E-state index in [2.05, 4.69) is 15.8 Å². The lowest BCUT2D eigenvalue weighted by atomic mass is 10.2. The summed E-state index contributed by atoms with van der Waals surface area (Å²) < 4.78 is 0. The molecule has 4 nitrogen and oxygen atoms in total. The van der Waals surface area contributed by atoms with Gasteiger partial charge in [0.1, 0.15) is 0 Å². The molecule has 0 fully saturated rings. The molecule has 0 atom stereocenters. The Kier molecular flexibility index (Phi) is 4.20. The van der Waals surface area contributed by atoms with Gasteiger partial charge in [-0.3, -0.25) is 0 Å². The molecule has 0 bridgehead atoms. The summed E-state index contributed by atoms with van der Waals surface area (Å²) in [6.07, 6.45) is 2.37. The molecule has 0 spiro atoms. The van der Waals surface area contributed by atoms with E-state index in [1.807, 2.05) is 30.3 Å². The van der Waals surface area contributed by atoms with E-state index < -0.39 is 0 Å². The highest BCUT2D eigenvalue weighted by Gasteiger charge is 1.89. The van der Waals surface area contributed by atoms with Gasteiger partial charge in [-0.2, -0.15) is 5.10 Å². The quantitative estimate of drug-likeness (QED) is 0.546. The zero-order chi connectivity index (χ0) is 10.2. The van der Waals surface area contributed by atoms with Gasteiger partial charge in [0.25, 0.3) is 0 Å². The Balaban J connectivity index is 2.31. The van der Waals surface area contributed by atoms with E-state index in [1.54, 1.807) is 13.3 Å². The Morgan fingerprint density at radius 1 is 1.43 bits per heavy atom. The molecule has 2 amide bonds. The zero-order valence-electron chi connectivity index (χ0n) is 8.03. The topological polar surface area (TPSA) is 53.5 Å². The summed E-state index contributed by atoms with van der Waals surface area (Å²) in [7, 11) is 1.54. The molecule has 0 aliphatic heterocycles. The second-order valence-corrected chi connectivity index (χ2v) is 2.69. The van der Waals surface area contributed by atoms with Crippen LogP contribution in [0.1, 0.15) is 5.56 Å². The lowest BCUT2D eigenvalue weighted by molar-refractivity contribution is 0.243. The Labute approximate surface area is 83.0 Å². The van der Waals surface area contributed by atoms with E-state index in [-0.39, 0.29) is 6.03 Å². The predicted molar refractivity (Wildman–Crippen MR) is 56.2 cm³/mol. The summed E-state index contributed by atoms with van der Waals surface area (Å²) in [5.41, 5.74) is 3.48. The van der Waals surface area contributed by atoms with Crippen LogP contribution in [0.2, 0.25) is 0 Å². The van der Waals surface area contributed by atoms with Crippen molar-refractivity contribution in [3.05, 3.63) is 35.9 Å². The van der Waals surface area contributed by atoms with Gasteiger partial charge >= 0.3 is 6.03 Å². The number of urea groups is 1. The van der Waals surface area contributed by atoms with Gasteiger partial charge in [0.15, 0.2) is 0 Å². The fourth-order valence-electron chi connectivity index (χ4n) is 0.925. The van der Waals surface area contributed by atoms with E-state index in [0.29, 0.717) is 6.42 Å². The average Bonchev–Trinajstić information content (AvgIpc) is 2.25. The van der Waals surface area contributed by atoms with Crippen molar-refractivity contribution < 1.29 is 4.79 Å². The van der Waals surface area contributed by atoms with E-state index in [1.165, 1.54) is 0 Å². The molecule has 14 heavy (non-hydrogen) atoms. The van der Waals surface area contributed by atoms with Crippen molar-refractivity contribution in [1.29, 1.82) is 0 Å². The van der Waals surface area contributed by atoms with Gasteiger partial charge in [0.05, 0.1) is 0 Å². The third-order valence-electron chi connectivity index (χ3n) is 1.65. The van der Waals surface area contributed by atoms with Crippen LogP contribution in [0.4, 0.5) is 4.79 Å². The number of nitrogens with zero attached hydrogens (tertiary/aromatic N) is 1. The zero-order valence-corrected chi connectivity index (χ0v) is 8.03. The van der Waals surface area contributed by atoms with Crippen molar-refractivity contribution in [2.24, 2.45) is 5.10 Å². The molecule has 74 valence electrons. The van der Waals surface area contributed by atoms with Crippen LogP contribution in [0, 0.1) is 0 Å². The molecule has 0 heterocycles. The van der Waals surface area contributed by atoms with Crippen LogP contribution in [0.3, 0.4) is 0 Å². The minimum atomic E-state index is -0.311. The second-order valence-electron chi connectivity index (χ2n) is 2.69. The fourth-order valence-corrected chi connectivity index (χ4v) is 0.925. The van der Waals surface area contributed by atoms with E-state index >= 15 is 0 Å². The SMILES string of the molecule is CNC(=O)N/N=C/Cc1ccccc1. The monoisotopic (exact) mass is 191 g/mol. The molecule has 0 aromatic heterocycles. The molecule has 4 heteroatoms.